The standard InChI is InChI=1S/C48H57N7O12/c56-41(35-12-10-34(11-13-35)38-32-50-42(54-33-51-53-45(38)54)16-14-36-6-5-20-67-36)9-2-1-3-19-61-22-24-63-26-28-65-30-31-66-29-27-64-25-23-62-21-18-49-39-8-4-7-37-44(39)48(60)55(47(37)59)40-15-17-43(57)52-46(40)58/h4-8,10-13,20,32-33,40,49H,1-3,9,14-19,21-31H2,(H,52,57,58). The molecule has 1 saturated heterocycles. The molecule has 1 unspecified atom stereocenters. The van der Waals surface area contributed by atoms with Gasteiger partial charge in [0.1, 0.15) is 24.0 Å². The van der Waals surface area contributed by atoms with Crippen LogP contribution in [0.3, 0.4) is 0 Å². The number of anilines is 1. The zero-order valence-electron chi connectivity index (χ0n) is 37.5. The average Bonchev–Trinajstić information content (AvgIpc) is 4.11. The van der Waals surface area contributed by atoms with Crippen molar-refractivity contribution in [3.05, 3.63) is 102 Å². The maximum atomic E-state index is 13.2. The van der Waals surface area contributed by atoms with Crippen LogP contribution in [-0.4, -0.2) is 146 Å². The van der Waals surface area contributed by atoms with Crippen LogP contribution < -0.4 is 10.6 Å². The molecule has 356 valence electrons. The van der Waals surface area contributed by atoms with Crippen molar-refractivity contribution in [2.24, 2.45) is 0 Å². The fourth-order valence-corrected chi connectivity index (χ4v) is 7.71. The summed E-state index contributed by atoms with van der Waals surface area (Å²) < 4.78 is 40.8. The van der Waals surface area contributed by atoms with Gasteiger partial charge in [0.25, 0.3) is 11.8 Å². The SMILES string of the molecule is O=C1CCC(N2C(=O)c3cccc(NCCOCCOCCOCCOCCOCCOCCCCCC(=O)c4ccc(-c5cnc(CCc6ccco6)n6cnnc56)cc4)c3C2=O)C(=O)N1. The summed E-state index contributed by atoms with van der Waals surface area (Å²) in [6.45, 7) is 5.67. The Morgan fingerprint density at radius 2 is 1.42 bits per heavy atom. The van der Waals surface area contributed by atoms with E-state index in [4.69, 9.17) is 32.8 Å². The summed E-state index contributed by atoms with van der Waals surface area (Å²) in [4.78, 5) is 68.5. The monoisotopic (exact) mass is 923 g/mol. The smallest absolute Gasteiger partial charge is 0.264 e. The molecule has 5 heterocycles. The number of unbranched alkanes of at least 4 members (excludes halogenated alkanes) is 2. The summed E-state index contributed by atoms with van der Waals surface area (Å²) in [6.07, 6.45) is 9.77. The van der Waals surface area contributed by atoms with Gasteiger partial charge in [-0.3, -0.25) is 38.6 Å². The van der Waals surface area contributed by atoms with Crippen molar-refractivity contribution in [1.82, 2.24) is 29.8 Å². The van der Waals surface area contributed by atoms with E-state index in [2.05, 4.69) is 25.8 Å². The lowest BCUT2D eigenvalue weighted by atomic mass is 10.0. The van der Waals surface area contributed by atoms with Crippen LogP contribution in [0.1, 0.15) is 81.2 Å². The van der Waals surface area contributed by atoms with E-state index in [1.54, 1.807) is 30.8 Å². The summed E-state index contributed by atoms with van der Waals surface area (Å²) in [5.74, 6) is -0.319. The van der Waals surface area contributed by atoms with Crippen LogP contribution in [0.25, 0.3) is 16.8 Å². The van der Waals surface area contributed by atoms with Gasteiger partial charge in [-0.25, -0.2) is 4.98 Å². The maximum absolute atomic E-state index is 13.2. The fourth-order valence-electron chi connectivity index (χ4n) is 7.71. The number of nitrogens with zero attached hydrogens (tertiary/aromatic N) is 5. The number of nitrogens with one attached hydrogen (secondary N) is 2. The van der Waals surface area contributed by atoms with E-state index in [1.807, 2.05) is 47.0 Å². The van der Waals surface area contributed by atoms with E-state index in [9.17, 15) is 24.0 Å². The number of hydrogen-bond acceptors (Lipinski definition) is 16. The third kappa shape index (κ3) is 13.7. The molecule has 0 spiro atoms. The van der Waals surface area contributed by atoms with Crippen molar-refractivity contribution >= 4 is 40.7 Å². The minimum Gasteiger partial charge on any atom is -0.469 e. The Morgan fingerprint density at radius 3 is 2.09 bits per heavy atom. The Hall–Kier alpha value is -6.22. The van der Waals surface area contributed by atoms with Gasteiger partial charge in [0, 0.05) is 61.8 Å². The molecule has 0 aliphatic carbocycles. The van der Waals surface area contributed by atoms with Crippen molar-refractivity contribution in [2.75, 3.05) is 91.1 Å². The molecular weight excluding hydrogens is 867 g/mol. The van der Waals surface area contributed by atoms with E-state index in [0.717, 1.165) is 58.9 Å². The lowest BCUT2D eigenvalue weighted by Crippen LogP contribution is -2.54. The lowest BCUT2D eigenvalue weighted by molar-refractivity contribution is -0.136. The number of benzene rings is 2. The molecule has 4 amide bonds. The van der Waals surface area contributed by atoms with Crippen molar-refractivity contribution in [2.45, 2.75) is 57.4 Å². The van der Waals surface area contributed by atoms with Gasteiger partial charge in [0.15, 0.2) is 11.4 Å². The largest absolute Gasteiger partial charge is 0.469 e. The Bertz CT molecular complexity index is 2410. The quantitative estimate of drug-likeness (QED) is 0.0354. The molecule has 2 aliphatic heterocycles. The number of carbonyl (C=O) groups is 5. The molecule has 19 nitrogen and oxygen atoms in total. The third-order valence-electron chi connectivity index (χ3n) is 11.2. The molecule has 0 bridgehead atoms. The number of amides is 4. The highest BCUT2D eigenvalue weighted by Crippen LogP contribution is 2.32. The van der Waals surface area contributed by atoms with Crippen LogP contribution in [-0.2, 0) is 50.9 Å². The van der Waals surface area contributed by atoms with E-state index in [1.165, 1.54) is 0 Å². The first-order valence-electron chi connectivity index (χ1n) is 22.8. The van der Waals surface area contributed by atoms with Gasteiger partial charge in [-0.1, -0.05) is 36.8 Å². The van der Waals surface area contributed by atoms with Crippen LogP contribution in [0, 0.1) is 0 Å². The number of aryl methyl sites for hydroxylation is 2. The second-order valence-corrected chi connectivity index (χ2v) is 15.8. The van der Waals surface area contributed by atoms with E-state index in [-0.39, 0.29) is 29.8 Å². The zero-order valence-corrected chi connectivity index (χ0v) is 37.5. The number of piperidine rings is 1. The van der Waals surface area contributed by atoms with Gasteiger partial charge in [0.05, 0.1) is 90.1 Å². The summed E-state index contributed by atoms with van der Waals surface area (Å²) in [7, 11) is 0. The minimum atomic E-state index is -1.02. The average molecular weight is 924 g/mol. The van der Waals surface area contributed by atoms with Crippen LogP contribution in [0.4, 0.5) is 5.69 Å². The highest BCUT2D eigenvalue weighted by atomic mass is 16.6. The predicted octanol–water partition coefficient (Wildman–Crippen LogP) is 4.53. The molecule has 2 aliphatic rings. The zero-order chi connectivity index (χ0) is 46.6. The van der Waals surface area contributed by atoms with Crippen LogP contribution in [0.15, 0.2) is 77.8 Å². The van der Waals surface area contributed by atoms with Crippen molar-refractivity contribution in [3.8, 4) is 11.1 Å². The molecule has 5 aromatic rings. The first-order valence-corrected chi connectivity index (χ1v) is 22.8. The van der Waals surface area contributed by atoms with Crippen molar-refractivity contribution in [1.29, 1.82) is 0 Å². The van der Waals surface area contributed by atoms with Crippen molar-refractivity contribution in [3.63, 3.8) is 0 Å². The van der Waals surface area contributed by atoms with Gasteiger partial charge >= 0.3 is 0 Å². The van der Waals surface area contributed by atoms with Gasteiger partial charge in [-0.2, -0.15) is 0 Å². The lowest BCUT2D eigenvalue weighted by Gasteiger charge is -2.27. The van der Waals surface area contributed by atoms with Gasteiger partial charge in [0.2, 0.25) is 11.8 Å². The van der Waals surface area contributed by atoms with Crippen molar-refractivity contribution < 1.29 is 56.8 Å². The van der Waals surface area contributed by atoms with E-state index >= 15 is 0 Å². The number of imide groups is 2. The highest BCUT2D eigenvalue weighted by Gasteiger charge is 2.45. The second-order valence-electron chi connectivity index (χ2n) is 15.8. The number of carbonyl (C=O) groups excluding carboxylic acids is 5. The number of Topliss-reactive ketones (excluding diaryl/α,β-unsaturated/α-hetero) is 1. The van der Waals surface area contributed by atoms with E-state index < -0.39 is 29.7 Å². The summed E-state index contributed by atoms with van der Waals surface area (Å²) >= 11 is 0. The molecule has 19 heteroatoms. The number of furan rings is 1. The Morgan fingerprint density at radius 1 is 0.731 bits per heavy atom. The Labute approximate surface area is 387 Å². The molecular formula is C48H57N7O12. The summed E-state index contributed by atoms with van der Waals surface area (Å²) in [6, 6.07) is 15.3. The molecule has 3 aromatic heterocycles. The highest BCUT2D eigenvalue weighted by molar-refractivity contribution is 6.25. The molecule has 67 heavy (non-hydrogen) atoms. The molecule has 0 saturated carbocycles. The molecule has 1 fully saturated rings. The van der Waals surface area contributed by atoms with Gasteiger partial charge in [-0.05, 0) is 49.1 Å². The normalized spacial score (nSPS) is 14.9. The number of ketones is 1. The molecule has 1 atom stereocenters. The van der Waals surface area contributed by atoms with Crippen LogP contribution in [0.5, 0.6) is 0 Å². The maximum Gasteiger partial charge on any atom is 0.264 e. The fraction of sp³-hybridized carbons (Fsp3) is 0.458. The summed E-state index contributed by atoms with van der Waals surface area (Å²) in [5.41, 5.74) is 4.07. The van der Waals surface area contributed by atoms with E-state index in [0.29, 0.717) is 110 Å². The second kappa shape index (κ2) is 25.6. The Kier molecular flexibility index (Phi) is 18.6. The van der Waals surface area contributed by atoms with Gasteiger partial charge < -0.3 is 38.2 Å². The number of ether oxygens (including phenoxy) is 6. The minimum absolute atomic E-state index is 0.0613. The first kappa shape index (κ1) is 48.7. The number of aromatic nitrogens is 4. The Balaban J connectivity index is 0.624. The first-order chi connectivity index (χ1) is 32.9. The predicted molar refractivity (Wildman–Crippen MR) is 242 cm³/mol. The third-order valence-corrected chi connectivity index (χ3v) is 11.2. The molecule has 2 aromatic carbocycles. The number of rotatable bonds is 31. The van der Waals surface area contributed by atoms with Crippen LogP contribution in [0.2, 0.25) is 0 Å². The summed E-state index contributed by atoms with van der Waals surface area (Å²) in [5, 5.41) is 13.8. The number of hydrogen-bond donors (Lipinski definition) is 2. The molecule has 7 rings (SSSR count). The molecule has 0 radical (unpaired) electrons. The number of fused-ring (bicyclic) bond motifs is 2. The van der Waals surface area contributed by atoms with Gasteiger partial charge in [-0.15, -0.1) is 10.2 Å². The topological polar surface area (TPSA) is 224 Å². The van der Waals surface area contributed by atoms with Crippen LogP contribution >= 0.6 is 0 Å². The molecule has 2 N–H and O–H groups in total.